The van der Waals surface area contributed by atoms with Crippen LogP contribution in [0.3, 0.4) is 0 Å². The van der Waals surface area contributed by atoms with Gasteiger partial charge in [0.25, 0.3) is 0 Å². The van der Waals surface area contributed by atoms with Gasteiger partial charge in [0.15, 0.2) is 0 Å². The highest BCUT2D eigenvalue weighted by molar-refractivity contribution is 5.82. The van der Waals surface area contributed by atoms with Crippen LogP contribution in [0.5, 0.6) is 0 Å². The first-order valence-electron chi connectivity index (χ1n) is 11.6. The number of carbonyl (C=O) groups is 1. The SMILES string of the molecule is Cc1ccc(C(=Cc2ccccc2)CO[C@@H]2CC[C@@H](NC(=O)OCc3ccccc3)C2)cc1. The number of hydrogen-bond acceptors (Lipinski definition) is 3. The third-order valence-corrected chi connectivity index (χ3v) is 5.96. The Kier molecular flexibility index (Phi) is 7.94. The Morgan fingerprint density at radius 2 is 1.64 bits per heavy atom. The Morgan fingerprint density at radius 3 is 2.36 bits per heavy atom. The fourth-order valence-electron chi connectivity index (χ4n) is 4.09. The number of amides is 1. The van der Waals surface area contributed by atoms with Gasteiger partial charge in [0.1, 0.15) is 6.61 Å². The van der Waals surface area contributed by atoms with E-state index in [4.69, 9.17) is 9.47 Å². The highest BCUT2D eigenvalue weighted by atomic mass is 16.5. The van der Waals surface area contributed by atoms with Crippen molar-refractivity contribution in [2.24, 2.45) is 0 Å². The van der Waals surface area contributed by atoms with E-state index in [1.165, 1.54) is 11.1 Å². The molecule has 1 saturated carbocycles. The molecule has 0 heterocycles. The molecule has 3 aromatic rings. The molecule has 0 unspecified atom stereocenters. The van der Waals surface area contributed by atoms with Crippen molar-refractivity contribution in [3.8, 4) is 0 Å². The lowest BCUT2D eigenvalue weighted by Gasteiger charge is -2.16. The molecule has 0 bridgehead atoms. The minimum absolute atomic E-state index is 0.0826. The lowest BCUT2D eigenvalue weighted by atomic mass is 10.0. The Bertz CT molecular complexity index is 1050. The monoisotopic (exact) mass is 441 g/mol. The number of benzene rings is 3. The molecule has 4 rings (SSSR count). The van der Waals surface area contributed by atoms with Crippen LogP contribution < -0.4 is 5.32 Å². The molecule has 0 radical (unpaired) electrons. The zero-order chi connectivity index (χ0) is 22.9. The summed E-state index contributed by atoms with van der Waals surface area (Å²) in [6.07, 6.45) is 4.56. The van der Waals surface area contributed by atoms with Crippen molar-refractivity contribution < 1.29 is 14.3 Å². The average molecular weight is 442 g/mol. The quantitative estimate of drug-likeness (QED) is 0.412. The first-order valence-corrected chi connectivity index (χ1v) is 11.6. The summed E-state index contributed by atoms with van der Waals surface area (Å²) < 4.78 is 11.7. The summed E-state index contributed by atoms with van der Waals surface area (Å²) in [6.45, 7) is 2.91. The van der Waals surface area contributed by atoms with Crippen molar-refractivity contribution >= 4 is 17.7 Å². The second-order valence-corrected chi connectivity index (χ2v) is 8.60. The zero-order valence-electron chi connectivity index (χ0n) is 19.1. The molecule has 1 amide bonds. The predicted octanol–water partition coefficient (Wildman–Crippen LogP) is 6.40. The summed E-state index contributed by atoms with van der Waals surface area (Å²) in [5.74, 6) is 0. The maximum Gasteiger partial charge on any atom is 0.407 e. The molecule has 1 aliphatic carbocycles. The lowest BCUT2D eigenvalue weighted by molar-refractivity contribution is 0.0814. The van der Waals surface area contributed by atoms with Crippen molar-refractivity contribution in [1.29, 1.82) is 0 Å². The van der Waals surface area contributed by atoms with Crippen molar-refractivity contribution in [3.63, 3.8) is 0 Å². The van der Waals surface area contributed by atoms with Gasteiger partial charge in [-0.15, -0.1) is 0 Å². The van der Waals surface area contributed by atoms with Crippen LogP contribution >= 0.6 is 0 Å². The molecule has 0 spiro atoms. The van der Waals surface area contributed by atoms with E-state index in [9.17, 15) is 4.79 Å². The van der Waals surface area contributed by atoms with Crippen LogP contribution in [0.2, 0.25) is 0 Å². The molecule has 33 heavy (non-hydrogen) atoms. The second-order valence-electron chi connectivity index (χ2n) is 8.60. The van der Waals surface area contributed by atoms with Crippen LogP contribution in [0, 0.1) is 6.92 Å². The van der Waals surface area contributed by atoms with E-state index in [-0.39, 0.29) is 24.8 Å². The molecule has 1 N–H and O–H groups in total. The van der Waals surface area contributed by atoms with E-state index in [1.807, 2.05) is 48.5 Å². The van der Waals surface area contributed by atoms with Crippen molar-refractivity contribution in [2.75, 3.05) is 6.61 Å². The zero-order valence-corrected chi connectivity index (χ0v) is 19.1. The maximum atomic E-state index is 12.2. The minimum Gasteiger partial charge on any atom is -0.445 e. The van der Waals surface area contributed by atoms with Gasteiger partial charge in [0.05, 0.1) is 12.7 Å². The van der Waals surface area contributed by atoms with Gasteiger partial charge in [0, 0.05) is 6.04 Å². The molecule has 0 saturated heterocycles. The predicted molar refractivity (Wildman–Crippen MR) is 133 cm³/mol. The van der Waals surface area contributed by atoms with Gasteiger partial charge in [-0.25, -0.2) is 4.79 Å². The number of aryl methyl sites for hydroxylation is 1. The van der Waals surface area contributed by atoms with Gasteiger partial charge in [-0.3, -0.25) is 0 Å². The fourth-order valence-corrected chi connectivity index (χ4v) is 4.09. The molecule has 4 nitrogen and oxygen atoms in total. The minimum atomic E-state index is -0.367. The summed E-state index contributed by atoms with van der Waals surface area (Å²) in [7, 11) is 0. The Hall–Kier alpha value is -3.37. The topological polar surface area (TPSA) is 47.6 Å². The smallest absolute Gasteiger partial charge is 0.407 e. The van der Waals surface area contributed by atoms with Crippen LogP contribution in [0.4, 0.5) is 4.79 Å². The molecule has 0 aliphatic heterocycles. The van der Waals surface area contributed by atoms with Crippen molar-refractivity contribution in [1.82, 2.24) is 5.32 Å². The number of ether oxygens (including phenoxy) is 2. The summed E-state index contributed by atoms with van der Waals surface area (Å²) in [4.78, 5) is 12.2. The fraction of sp³-hybridized carbons (Fsp3) is 0.276. The second kappa shape index (κ2) is 11.5. The molecule has 2 atom stereocenters. The van der Waals surface area contributed by atoms with Gasteiger partial charge < -0.3 is 14.8 Å². The van der Waals surface area contributed by atoms with Crippen LogP contribution in [0.25, 0.3) is 11.6 Å². The van der Waals surface area contributed by atoms with E-state index in [1.54, 1.807) is 0 Å². The Balaban J connectivity index is 1.30. The van der Waals surface area contributed by atoms with Crippen molar-refractivity contribution in [2.45, 2.75) is 44.9 Å². The Labute approximate surface area is 196 Å². The van der Waals surface area contributed by atoms with Gasteiger partial charge in [-0.05, 0) is 54.5 Å². The normalized spacial score (nSPS) is 18.2. The number of rotatable bonds is 8. The van der Waals surface area contributed by atoms with E-state index >= 15 is 0 Å². The summed E-state index contributed by atoms with van der Waals surface area (Å²) in [5, 5.41) is 2.99. The van der Waals surface area contributed by atoms with Crippen LogP contribution in [0.1, 0.15) is 41.5 Å². The van der Waals surface area contributed by atoms with E-state index in [0.29, 0.717) is 6.61 Å². The van der Waals surface area contributed by atoms with Gasteiger partial charge in [0.2, 0.25) is 0 Å². The maximum absolute atomic E-state index is 12.2. The highest BCUT2D eigenvalue weighted by Crippen LogP contribution is 2.26. The Morgan fingerprint density at radius 1 is 0.939 bits per heavy atom. The third-order valence-electron chi connectivity index (χ3n) is 5.96. The molecule has 0 aromatic heterocycles. The molecule has 1 fully saturated rings. The largest absolute Gasteiger partial charge is 0.445 e. The van der Waals surface area contributed by atoms with Gasteiger partial charge in [-0.1, -0.05) is 90.5 Å². The van der Waals surface area contributed by atoms with Gasteiger partial charge >= 0.3 is 6.09 Å². The summed E-state index contributed by atoms with van der Waals surface area (Å²) in [5.41, 5.74) is 5.70. The summed E-state index contributed by atoms with van der Waals surface area (Å²) >= 11 is 0. The van der Waals surface area contributed by atoms with Gasteiger partial charge in [-0.2, -0.15) is 0 Å². The van der Waals surface area contributed by atoms with Crippen LogP contribution in [0.15, 0.2) is 84.9 Å². The number of alkyl carbamates (subject to hydrolysis) is 1. The van der Waals surface area contributed by atoms with Crippen LogP contribution in [-0.2, 0) is 16.1 Å². The molecule has 4 heteroatoms. The van der Waals surface area contributed by atoms with E-state index in [0.717, 1.165) is 36.0 Å². The molecular formula is C29H31NO3. The van der Waals surface area contributed by atoms with Crippen LogP contribution in [-0.4, -0.2) is 24.8 Å². The number of hydrogen-bond donors (Lipinski definition) is 1. The molecule has 3 aromatic carbocycles. The highest BCUT2D eigenvalue weighted by Gasteiger charge is 2.27. The first kappa shape index (κ1) is 22.8. The first-order chi connectivity index (χ1) is 16.2. The summed E-state index contributed by atoms with van der Waals surface area (Å²) in [6, 6.07) is 28.7. The molecule has 170 valence electrons. The molecular weight excluding hydrogens is 410 g/mol. The van der Waals surface area contributed by atoms with Crippen molar-refractivity contribution in [3.05, 3.63) is 107 Å². The lowest BCUT2D eigenvalue weighted by Crippen LogP contribution is -2.33. The molecule has 1 aliphatic rings. The average Bonchev–Trinajstić information content (AvgIpc) is 3.29. The van der Waals surface area contributed by atoms with E-state index < -0.39 is 0 Å². The van der Waals surface area contributed by atoms with E-state index in [2.05, 4.69) is 54.7 Å². The standard InChI is InChI=1S/C29H31NO3/c1-22-12-14-25(15-13-22)26(18-23-8-4-2-5-9-23)21-32-28-17-16-27(19-28)30-29(31)33-20-24-10-6-3-7-11-24/h2-15,18,27-28H,16-17,19-21H2,1H3,(H,30,31)/t27-,28-/m1/s1. The number of nitrogens with one attached hydrogen (secondary N) is 1. The third kappa shape index (κ3) is 7.06. The number of carbonyl (C=O) groups excluding carboxylic acids is 1.